The molecular formula is C13H22N4O5. The van der Waals surface area contributed by atoms with Gasteiger partial charge in [-0.1, -0.05) is 6.42 Å². The summed E-state index contributed by atoms with van der Waals surface area (Å²) in [4.78, 5) is 49.3. The molecule has 2 amide bonds. The minimum Gasteiger partial charge on any atom is -0.479 e. The van der Waals surface area contributed by atoms with Gasteiger partial charge in [0.15, 0.2) is 5.78 Å². The van der Waals surface area contributed by atoms with Crippen molar-refractivity contribution in [2.24, 2.45) is 17.2 Å². The first kappa shape index (κ1) is 18.2. The van der Waals surface area contributed by atoms with E-state index >= 15 is 0 Å². The van der Waals surface area contributed by atoms with Crippen LogP contribution >= 0.6 is 0 Å². The van der Waals surface area contributed by atoms with Crippen molar-refractivity contribution in [1.82, 2.24) is 4.90 Å². The van der Waals surface area contributed by atoms with E-state index in [4.69, 9.17) is 17.2 Å². The largest absolute Gasteiger partial charge is 0.479 e. The Morgan fingerprint density at radius 3 is 2.14 bits per heavy atom. The molecule has 0 radical (unpaired) electrons. The molecule has 0 unspecified atom stereocenters. The van der Waals surface area contributed by atoms with Crippen molar-refractivity contribution in [1.29, 1.82) is 0 Å². The number of amides is 2. The van der Waals surface area contributed by atoms with Crippen molar-refractivity contribution in [2.45, 2.75) is 56.8 Å². The molecular weight excluding hydrogens is 292 g/mol. The summed E-state index contributed by atoms with van der Waals surface area (Å²) in [7, 11) is 0. The number of rotatable bonds is 3. The van der Waals surface area contributed by atoms with Gasteiger partial charge in [-0.2, -0.15) is 0 Å². The number of imide groups is 1. The van der Waals surface area contributed by atoms with Crippen LogP contribution in [0.15, 0.2) is 0 Å². The predicted octanol–water partition coefficient (Wildman–Crippen LogP) is -1.71. The molecule has 1 aliphatic rings. The lowest BCUT2D eigenvalue weighted by atomic mass is 9.85. The molecule has 9 nitrogen and oxygen atoms in total. The number of ketones is 1. The number of hydrogen-bond donors (Lipinski definition) is 4. The second-order valence-electron chi connectivity index (χ2n) is 5.44. The van der Waals surface area contributed by atoms with Crippen molar-refractivity contribution in [3.05, 3.63) is 0 Å². The van der Waals surface area contributed by atoms with Crippen molar-refractivity contribution in [3.8, 4) is 0 Å². The molecule has 1 fully saturated rings. The second-order valence-corrected chi connectivity index (χ2v) is 5.44. The third-order valence-corrected chi connectivity index (χ3v) is 3.74. The van der Waals surface area contributed by atoms with E-state index in [-0.39, 0.29) is 12.8 Å². The molecule has 0 aromatic carbocycles. The SMILES string of the molecule is C[C@@H](N)C(=O)N1C(=O)CCCCCC(=O)[C@]1(C(=O)O)C(N)N. The third-order valence-electron chi connectivity index (χ3n) is 3.74. The quantitative estimate of drug-likeness (QED) is 0.352. The van der Waals surface area contributed by atoms with Gasteiger partial charge >= 0.3 is 5.97 Å². The number of Topliss-reactive ketones (excluding diaryl/α,β-unsaturated/α-hetero) is 1. The summed E-state index contributed by atoms with van der Waals surface area (Å²) < 4.78 is 0. The smallest absolute Gasteiger partial charge is 0.341 e. The van der Waals surface area contributed by atoms with Crippen LogP contribution in [-0.4, -0.2) is 51.3 Å². The number of hydrogen-bond acceptors (Lipinski definition) is 7. The second kappa shape index (κ2) is 6.95. The molecule has 0 bridgehead atoms. The van der Waals surface area contributed by atoms with Crippen LogP contribution in [0, 0.1) is 0 Å². The molecule has 0 spiro atoms. The predicted molar refractivity (Wildman–Crippen MR) is 76.1 cm³/mol. The average molecular weight is 314 g/mol. The van der Waals surface area contributed by atoms with Gasteiger partial charge in [0.25, 0.3) is 0 Å². The van der Waals surface area contributed by atoms with E-state index in [0.29, 0.717) is 24.2 Å². The van der Waals surface area contributed by atoms with Gasteiger partial charge < -0.3 is 22.3 Å². The summed E-state index contributed by atoms with van der Waals surface area (Å²) in [6, 6.07) is -1.17. The zero-order valence-electron chi connectivity index (χ0n) is 12.4. The molecule has 0 aliphatic carbocycles. The molecule has 9 heteroatoms. The maximum atomic E-state index is 12.5. The summed E-state index contributed by atoms with van der Waals surface area (Å²) >= 11 is 0. The number of carbonyl (C=O) groups excluding carboxylic acids is 3. The number of nitrogens with two attached hydrogens (primary N) is 3. The molecule has 1 rings (SSSR count). The topological polar surface area (TPSA) is 170 Å². The van der Waals surface area contributed by atoms with E-state index in [1.807, 2.05) is 0 Å². The summed E-state index contributed by atoms with van der Waals surface area (Å²) in [5, 5.41) is 9.59. The Morgan fingerprint density at radius 2 is 1.68 bits per heavy atom. The van der Waals surface area contributed by atoms with Crippen molar-refractivity contribution in [3.63, 3.8) is 0 Å². The van der Waals surface area contributed by atoms with Crippen molar-refractivity contribution < 1.29 is 24.3 Å². The van der Waals surface area contributed by atoms with Gasteiger partial charge in [-0.15, -0.1) is 0 Å². The number of carboxylic acids is 1. The van der Waals surface area contributed by atoms with E-state index in [1.54, 1.807) is 0 Å². The van der Waals surface area contributed by atoms with Gasteiger partial charge in [-0.3, -0.25) is 19.3 Å². The Morgan fingerprint density at radius 1 is 1.14 bits per heavy atom. The monoisotopic (exact) mass is 314 g/mol. The van der Waals surface area contributed by atoms with E-state index in [0.717, 1.165) is 0 Å². The average Bonchev–Trinajstić information content (AvgIpc) is 2.47. The number of nitrogens with zero attached hydrogens (tertiary/aromatic N) is 1. The van der Waals surface area contributed by atoms with Crippen LogP contribution in [0.4, 0.5) is 0 Å². The summed E-state index contributed by atoms with van der Waals surface area (Å²) in [6.07, 6.45) is -0.561. The highest BCUT2D eigenvalue weighted by Gasteiger charge is 2.58. The fourth-order valence-electron chi connectivity index (χ4n) is 2.56. The summed E-state index contributed by atoms with van der Waals surface area (Å²) in [6.45, 7) is 1.29. The van der Waals surface area contributed by atoms with E-state index in [9.17, 15) is 24.3 Å². The molecule has 1 saturated heterocycles. The van der Waals surface area contributed by atoms with Gasteiger partial charge in [0, 0.05) is 12.8 Å². The Balaban J connectivity index is 3.58. The van der Waals surface area contributed by atoms with Crippen molar-refractivity contribution in [2.75, 3.05) is 0 Å². The summed E-state index contributed by atoms with van der Waals surface area (Å²) in [5.74, 6) is -4.37. The van der Waals surface area contributed by atoms with Crippen LogP contribution in [0.5, 0.6) is 0 Å². The first-order chi connectivity index (χ1) is 10.2. The highest BCUT2D eigenvalue weighted by Crippen LogP contribution is 2.27. The van der Waals surface area contributed by atoms with Crippen LogP contribution in [0.1, 0.15) is 39.0 Å². The molecule has 1 aliphatic heterocycles. The highest BCUT2D eigenvalue weighted by molar-refractivity contribution is 6.16. The minimum atomic E-state index is -2.62. The molecule has 7 N–H and O–H groups in total. The molecule has 2 atom stereocenters. The number of aliphatic carboxylic acids is 1. The first-order valence-electron chi connectivity index (χ1n) is 7.07. The fourth-order valence-corrected chi connectivity index (χ4v) is 2.56. The molecule has 0 saturated carbocycles. The van der Waals surface area contributed by atoms with Crippen molar-refractivity contribution >= 4 is 23.6 Å². The maximum Gasteiger partial charge on any atom is 0.341 e. The first-order valence-corrected chi connectivity index (χ1v) is 7.07. The van der Waals surface area contributed by atoms with Crippen LogP contribution in [0.25, 0.3) is 0 Å². The molecule has 1 heterocycles. The Bertz CT molecular complexity index is 491. The third kappa shape index (κ3) is 3.01. The fraction of sp³-hybridized carbons (Fsp3) is 0.692. The maximum absolute atomic E-state index is 12.5. The van der Waals surface area contributed by atoms with E-state index in [1.165, 1.54) is 6.92 Å². The highest BCUT2D eigenvalue weighted by atomic mass is 16.4. The van der Waals surface area contributed by atoms with E-state index < -0.39 is 41.3 Å². The van der Waals surface area contributed by atoms with Gasteiger partial charge in [0.05, 0.1) is 12.2 Å². The lowest BCUT2D eigenvalue weighted by Crippen LogP contribution is -2.75. The Hall–Kier alpha value is -1.84. The lowest BCUT2D eigenvalue weighted by molar-refractivity contribution is -0.172. The normalized spacial score (nSPS) is 25.4. The lowest BCUT2D eigenvalue weighted by Gasteiger charge is -2.40. The van der Waals surface area contributed by atoms with Crippen LogP contribution < -0.4 is 17.2 Å². The van der Waals surface area contributed by atoms with Crippen LogP contribution in [0.2, 0.25) is 0 Å². The van der Waals surface area contributed by atoms with Crippen LogP contribution in [-0.2, 0) is 19.2 Å². The Labute approximate surface area is 127 Å². The molecule has 0 aromatic rings. The minimum absolute atomic E-state index is 0.0759. The van der Waals surface area contributed by atoms with E-state index in [2.05, 4.69) is 0 Å². The van der Waals surface area contributed by atoms with Gasteiger partial charge in [-0.05, 0) is 19.8 Å². The van der Waals surface area contributed by atoms with Crippen LogP contribution in [0.3, 0.4) is 0 Å². The summed E-state index contributed by atoms with van der Waals surface area (Å²) in [5.41, 5.74) is 14.0. The van der Waals surface area contributed by atoms with Gasteiger partial charge in [0.1, 0.15) is 0 Å². The van der Waals surface area contributed by atoms with Gasteiger partial charge in [0.2, 0.25) is 17.4 Å². The zero-order valence-corrected chi connectivity index (χ0v) is 12.4. The number of carboxylic acid groups (broad SMARTS) is 1. The number of carbonyl (C=O) groups is 4. The Kier molecular flexibility index (Phi) is 5.75. The molecule has 124 valence electrons. The molecule has 22 heavy (non-hydrogen) atoms. The standard InChI is InChI=1S/C13H22N4O5/c1-7(14)10(20)17-9(19)6-4-2-3-5-8(18)13(17,11(15)16)12(21)22/h7,11H,2-6,14-16H2,1H3,(H,21,22)/t7-,13-/m1/s1. The van der Waals surface area contributed by atoms with Gasteiger partial charge in [-0.25, -0.2) is 4.79 Å². The zero-order chi connectivity index (χ0) is 17.1. The molecule has 0 aromatic heterocycles.